The van der Waals surface area contributed by atoms with Gasteiger partial charge < -0.3 is 16.0 Å². The zero-order valence-corrected chi connectivity index (χ0v) is 9.60. The SMILES string of the molecule is Cc1ncsc1CNC(=O)c1cc(N)c[nH]1. The van der Waals surface area contributed by atoms with Gasteiger partial charge in [-0.3, -0.25) is 4.79 Å². The molecule has 0 aromatic carbocycles. The number of aryl methyl sites for hydroxylation is 1. The van der Waals surface area contributed by atoms with Crippen molar-refractivity contribution in [1.82, 2.24) is 15.3 Å². The first-order chi connectivity index (χ1) is 7.66. The predicted molar refractivity (Wildman–Crippen MR) is 63.2 cm³/mol. The van der Waals surface area contributed by atoms with Gasteiger partial charge in [-0.1, -0.05) is 0 Å². The first-order valence-electron chi connectivity index (χ1n) is 4.78. The van der Waals surface area contributed by atoms with Gasteiger partial charge in [-0.25, -0.2) is 4.98 Å². The summed E-state index contributed by atoms with van der Waals surface area (Å²) in [4.78, 5) is 19.6. The first-order valence-corrected chi connectivity index (χ1v) is 5.66. The third-order valence-electron chi connectivity index (χ3n) is 2.20. The fraction of sp³-hybridized carbons (Fsp3) is 0.200. The highest BCUT2D eigenvalue weighted by Crippen LogP contribution is 2.11. The van der Waals surface area contributed by atoms with E-state index in [9.17, 15) is 4.79 Å². The van der Waals surface area contributed by atoms with Crippen molar-refractivity contribution in [3.05, 3.63) is 34.0 Å². The van der Waals surface area contributed by atoms with Gasteiger partial charge in [0.05, 0.1) is 17.7 Å². The smallest absolute Gasteiger partial charge is 0.268 e. The number of nitrogens with two attached hydrogens (primary N) is 1. The number of nitrogens with zero attached hydrogens (tertiary/aromatic N) is 1. The van der Waals surface area contributed by atoms with Crippen molar-refractivity contribution >= 4 is 22.9 Å². The maximum atomic E-state index is 11.7. The van der Waals surface area contributed by atoms with Gasteiger partial charge in [0, 0.05) is 16.8 Å². The topological polar surface area (TPSA) is 83.8 Å². The molecule has 2 rings (SSSR count). The van der Waals surface area contributed by atoms with Crippen molar-refractivity contribution in [3.63, 3.8) is 0 Å². The van der Waals surface area contributed by atoms with Crippen molar-refractivity contribution in [1.29, 1.82) is 0 Å². The summed E-state index contributed by atoms with van der Waals surface area (Å²) in [6, 6.07) is 1.61. The van der Waals surface area contributed by atoms with Crippen LogP contribution in [0.3, 0.4) is 0 Å². The Morgan fingerprint density at radius 1 is 1.69 bits per heavy atom. The number of H-pyrrole nitrogens is 1. The minimum absolute atomic E-state index is 0.162. The molecule has 0 bridgehead atoms. The fourth-order valence-electron chi connectivity index (χ4n) is 1.29. The third-order valence-corrected chi connectivity index (χ3v) is 3.14. The lowest BCUT2D eigenvalue weighted by Gasteiger charge is -2.01. The van der Waals surface area contributed by atoms with Crippen LogP contribution < -0.4 is 11.1 Å². The number of nitrogens with one attached hydrogen (secondary N) is 2. The second kappa shape index (κ2) is 4.36. The number of thiazole rings is 1. The van der Waals surface area contributed by atoms with E-state index in [0.717, 1.165) is 10.6 Å². The number of hydrogen-bond donors (Lipinski definition) is 3. The molecule has 0 fully saturated rings. The number of hydrogen-bond acceptors (Lipinski definition) is 4. The molecule has 16 heavy (non-hydrogen) atoms. The van der Waals surface area contributed by atoms with E-state index in [1.54, 1.807) is 17.8 Å². The molecular formula is C10H12N4OS. The van der Waals surface area contributed by atoms with E-state index in [1.165, 1.54) is 11.3 Å². The Morgan fingerprint density at radius 3 is 3.06 bits per heavy atom. The Bertz CT molecular complexity index is 502. The molecule has 0 spiro atoms. The average Bonchev–Trinajstić information content (AvgIpc) is 2.84. The van der Waals surface area contributed by atoms with E-state index < -0.39 is 0 Å². The normalized spacial score (nSPS) is 10.3. The van der Waals surface area contributed by atoms with E-state index in [-0.39, 0.29) is 5.91 Å². The Labute approximate surface area is 96.7 Å². The molecule has 2 heterocycles. The molecule has 4 N–H and O–H groups in total. The summed E-state index contributed by atoms with van der Waals surface area (Å²) < 4.78 is 0. The molecule has 0 saturated heterocycles. The average molecular weight is 236 g/mol. The number of carbonyl (C=O) groups is 1. The van der Waals surface area contributed by atoms with Crippen LogP contribution in [0, 0.1) is 6.92 Å². The summed E-state index contributed by atoms with van der Waals surface area (Å²) in [5, 5.41) is 2.80. The number of nitrogen functional groups attached to an aromatic ring is 1. The Morgan fingerprint density at radius 2 is 2.50 bits per heavy atom. The van der Waals surface area contributed by atoms with Crippen molar-refractivity contribution in [2.75, 3.05) is 5.73 Å². The summed E-state index contributed by atoms with van der Waals surface area (Å²) >= 11 is 1.53. The number of carbonyl (C=O) groups excluding carboxylic acids is 1. The van der Waals surface area contributed by atoms with Crippen molar-refractivity contribution < 1.29 is 4.79 Å². The lowest BCUT2D eigenvalue weighted by Crippen LogP contribution is -2.22. The Kier molecular flexibility index (Phi) is 2.91. The number of aromatic amines is 1. The van der Waals surface area contributed by atoms with Gasteiger partial charge in [0.1, 0.15) is 5.69 Å². The standard InChI is InChI=1S/C10H12N4OS/c1-6-9(16-5-14-6)4-13-10(15)8-2-7(11)3-12-8/h2-3,5,12H,4,11H2,1H3,(H,13,15). The van der Waals surface area contributed by atoms with Crippen LogP contribution in [-0.2, 0) is 6.54 Å². The molecule has 0 aliphatic carbocycles. The second-order valence-electron chi connectivity index (χ2n) is 3.39. The van der Waals surface area contributed by atoms with Crippen LogP contribution >= 0.6 is 11.3 Å². The van der Waals surface area contributed by atoms with E-state index in [4.69, 9.17) is 5.73 Å². The van der Waals surface area contributed by atoms with E-state index in [2.05, 4.69) is 15.3 Å². The molecule has 1 amide bonds. The first kappa shape index (κ1) is 10.7. The van der Waals surface area contributed by atoms with E-state index in [1.807, 2.05) is 6.92 Å². The maximum absolute atomic E-state index is 11.7. The highest BCUT2D eigenvalue weighted by Gasteiger charge is 2.08. The minimum atomic E-state index is -0.162. The summed E-state index contributed by atoms with van der Waals surface area (Å²) in [7, 11) is 0. The molecule has 0 aliphatic rings. The summed E-state index contributed by atoms with van der Waals surface area (Å²) in [6.07, 6.45) is 1.59. The van der Waals surface area contributed by atoms with Crippen LogP contribution in [-0.4, -0.2) is 15.9 Å². The molecule has 2 aromatic rings. The van der Waals surface area contributed by atoms with Gasteiger partial charge in [-0.2, -0.15) is 0 Å². The van der Waals surface area contributed by atoms with E-state index in [0.29, 0.717) is 17.9 Å². The third kappa shape index (κ3) is 2.22. The molecule has 84 valence electrons. The highest BCUT2D eigenvalue weighted by molar-refractivity contribution is 7.09. The largest absolute Gasteiger partial charge is 0.397 e. The van der Waals surface area contributed by atoms with Gasteiger partial charge >= 0.3 is 0 Å². The second-order valence-corrected chi connectivity index (χ2v) is 4.33. The molecule has 0 aliphatic heterocycles. The van der Waals surface area contributed by atoms with Crippen molar-refractivity contribution in [3.8, 4) is 0 Å². The predicted octanol–water partition coefficient (Wildman–Crippen LogP) is 1.29. The summed E-state index contributed by atoms with van der Waals surface area (Å²) in [6.45, 7) is 2.42. The number of anilines is 1. The molecule has 6 heteroatoms. The summed E-state index contributed by atoms with van der Waals surface area (Å²) in [5.41, 5.74) is 9.26. The van der Waals surface area contributed by atoms with Crippen molar-refractivity contribution in [2.45, 2.75) is 13.5 Å². The molecular weight excluding hydrogens is 224 g/mol. The van der Waals surface area contributed by atoms with Gasteiger partial charge in [0.2, 0.25) is 0 Å². The fourth-order valence-corrected chi connectivity index (χ4v) is 2.01. The van der Waals surface area contributed by atoms with Crippen LogP contribution in [0.1, 0.15) is 21.1 Å². The Balaban J connectivity index is 1.96. The lowest BCUT2D eigenvalue weighted by molar-refractivity contribution is 0.0947. The zero-order chi connectivity index (χ0) is 11.5. The number of amides is 1. The van der Waals surface area contributed by atoms with Crippen LogP contribution in [0.2, 0.25) is 0 Å². The van der Waals surface area contributed by atoms with Crippen molar-refractivity contribution in [2.24, 2.45) is 0 Å². The molecule has 5 nitrogen and oxygen atoms in total. The maximum Gasteiger partial charge on any atom is 0.268 e. The Hall–Kier alpha value is -1.82. The van der Waals surface area contributed by atoms with Gasteiger partial charge in [0.25, 0.3) is 5.91 Å². The van der Waals surface area contributed by atoms with Crippen LogP contribution in [0.5, 0.6) is 0 Å². The van der Waals surface area contributed by atoms with Crippen LogP contribution in [0.15, 0.2) is 17.8 Å². The summed E-state index contributed by atoms with van der Waals surface area (Å²) in [5.74, 6) is -0.162. The van der Waals surface area contributed by atoms with Gasteiger partial charge in [0.15, 0.2) is 0 Å². The molecule has 0 unspecified atom stereocenters. The zero-order valence-electron chi connectivity index (χ0n) is 8.78. The quantitative estimate of drug-likeness (QED) is 0.750. The molecule has 0 saturated carbocycles. The van der Waals surface area contributed by atoms with Crippen LogP contribution in [0.25, 0.3) is 0 Å². The minimum Gasteiger partial charge on any atom is -0.397 e. The van der Waals surface area contributed by atoms with Crippen LogP contribution in [0.4, 0.5) is 5.69 Å². The number of rotatable bonds is 3. The molecule has 0 radical (unpaired) electrons. The van der Waals surface area contributed by atoms with Gasteiger partial charge in [-0.15, -0.1) is 11.3 Å². The highest BCUT2D eigenvalue weighted by atomic mass is 32.1. The molecule has 0 atom stereocenters. The van der Waals surface area contributed by atoms with Gasteiger partial charge in [-0.05, 0) is 13.0 Å². The lowest BCUT2D eigenvalue weighted by atomic mass is 10.3. The van der Waals surface area contributed by atoms with E-state index >= 15 is 0 Å². The monoisotopic (exact) mass is 236 g/mol. The number of aromatic nitrogens is 2. The molecule has 2 aromatic heterocycles.